The molecule has 0 spiro atoms. The van der Waals surface area contributed by atoms with Crippen LogP contribution in [0.5, 0.6) is 5.75 Å². The monoisotopic (exact) mass is 382 g/mol. The van der Waals surface area contributed by atoms with E-state index in [1.807, 2.05) is 38.1 Å². The van der Waals surface area contributed by atoms with Crippen molar-refractivity contribution in [1.29, 1.82) is 0 Å². The van der Waals surface area contributed by atoms with Crippen molar-refractivity contribution in [2.24, 2.45) is 0 Å². The molecular formula is C22H23FN2O3. The first-order valence-electron chi connectivity index (χ1n) is 9.20. The van der Waals surface area contributed by atoms with Crippen molar-refractivity contribution in [2.75, 3.05) is 13.2 Å². The number of oxazole rings is 1. The molecule has 0 aliphatic carbocycles. The average Bonchev–Trinajstić information content (AvgIpc) is 3.03. The predicted molar refractivity (Wildman–Crippen MR) is 105 cm³/mol. The zero-order valence-corrected chi connectivity index (χ0v) is 16.0. The quantitative estimate of drug-likeness (QED) is 0.592. The SMILES string of the molecule is Cc1ccccc1-c1nc(CC(=O)NCCCOc2ccc(F)cc2)c(C)o1. The molecular weight excluding hydrogens is 359 g/mol. The number of benzene rings is 2. The molecule has 0 atom stereocenters. The lowest BCUT2D eigenvalue weighted by Crippen LogP contribution is -2.27. The summed E-state index contributed by atoms with van der Waals surface area (Å²) in [7, 11) is 0. The Bertz CT molecular complexity index is 935. The van der Waals surface area contributed by atoms with Crippen LogP contribution < -0.4 is 10.1 Å². The molecule has 5 nitrogen and oxygen atoms in total. The fourth-order valence-electron chi connectivity index (χ4n) is 2.76. The van der Waals surface area contributed by atoms with Crippen LogP contribution in [0.4, 0.5) is 4.39 Å². The number of halogens is 1. The summed E-state index contributed by atoms with van der Waals surface area (Å²) in [6.45, 7) is 4.73. The Balaban J connectivity index is 1.45. The number of aromatic nitrogens is 1. The number of rotatable bonds is 8. The Morgan fingerprint density at radius 1 is 1.14 bits per heavy atom. The average molecular weight is 382 g/mol. The number of amides is 1. The summed E-state index contributed by atoms with van der Waals surface area (Å²) >= 11 is 0. The molecule has 0 radical (unpaired) electrons. The molecule has 0 fully saturated rings. The van der Waals surface area contributed by atoms with Crippen LogP contribution in [-0.2, 0) is 11.2 Å². The third-order valence-electron chi connectivity index (χ3n) is 4.32. The normalized spacial score (nSPS) is 10.7. The molecule has 0 bridgehead atoms. The molecule has 3 aromatic rings. The first kappa shape index (κ1) is 19.6. The Morgan fingerprint density at radius 2 is 1.89 bits per heavy atom. The number of carbonyl (C=O) groups excluding carboxylic acids is 1. The maximum absolute atomic E-state index is 12.8. The first-order valence-corrected chi connectivity index (χ1v) is 9.20. The molecule has 0 saturated carbocycles. The number of aryl methyl sites for hydroxylation is 2. The Kier molecular flexibility index (Phi) is 6.42. The molecule has 1 amide bonds. The van der Waals surface area contributed by atoms with Crippen LogP contribution in [0.2, 0.25) is 0 Å². The maximum atomic E-state index is 12.8. The Morgan fingerprint density at radius 3 is 2.64 bits per heavy atom. The van der Waals surface area contributed by atoms with E-state index in [1.165, 1.54) is 12.1 Å². The van der Waals surface area contributed by atoms with Gasteiger partial charge >= 0.3 is 0 Å². The van der Waals surface area contributed by atoms with Crippen molar-refractivity contribution in [3.63, 3.8) is 0 Å². The van der Waals surface area contributed by atoms with Gasteiger partial charge < -0.3 is 14.5 Å². The molecule has 1 N–H and O–H groups in total. The molecule has 0 aliphatic rings. The third-order valence-corrected chi connectivity index (χ3v) is 4.32. The van der Waals surface area contributed by atoms with Crippen LogP contribution in [0.1, 0.15) is 23.4 Å². The van der Waals surface area contributed by atoms with Crippen LogP contribution in [0.15, 0.2) is 52.9 Å². The van der Waals surface area contributed by atoms with Gasteiger partial charge in [-0.15, -0.1) is 0 Å². The highest BCUT2D eigenvalue weighted by atomic mass is 19.1. The van der Waals surface area contributed by atoms with Gasteiger partial charge in [-0.2, -0.15) is 0 Å². The summed E-state index contributed by atoms with van der Waals surface area (Å²) in [5.41, 5.74) is 2.63. The molecule has 2 aromatic carbocycles. The molecule has 28 heavy (non-hydrogen) atoms. The van der Waals surface area contributed by atoms with E-state index in [0.717, 1.165) is 11.1 Å². The molecule has 3 rings (SSSR count). The second-order valence-corrected chi connectivity index (χ2v) is 6.52. The molecule has 146 valence electrons. The van der Waals surface area contributed by atoms with Crippen LogP contribution in [0.3, 0.4) is 0 Å². The maximum Gasteiger partial charge on any atom is 0.226 e. The number of carbonyl (C=O) groups is 1. The molecule has 1 aromatic heterocycles. The summed E-state index contributed by atoms with van der Waals surface area (Å²) < 4.78 is 24.1. The van der Waals surface area contributed by atoms with Gasteiger partial charge in [-0.1, -0.05) is 18.2 Å². The van der Waals surface area contributed by atoms with Gasteiger partial charge in [0, 0.05) is 12.1 Å². The van der Waals surface area contributed by atoms with Gasteiger partial charge in [0.2, 0.25) is 11.8 Å². The summed E-state index contributed by atoms with van der Waals surface area (Å²) in [6.07, 6.45) is 0.815. The molecule has 0 aliphatic heterocycles. The zero-order chi connectivity index (χ0) is 19.9. The van der Waals surface area contributed by atoms with E-state index in [1.54, 1.807) is 12.1 Å². The van der Waals surface area contributed by atoms with Crippen molar-refractivity contribution < 1.29 is 18.3 Å². The number of ether oxygens (including phenoxy) is 1. The minimum absolute atomic E-state index is 0.116. The summed E-state index contributed by atoms with van der Waals surface area (Å²) in [5, 5.41) is 2.85. The van der Waals surface area contributed by atoms with Crippen LogP contribution >= 0.6 is 0 Å². The van der Waals surface area contributed by atoms with Crippen molar-refractivity contribution in [1.82, 2.24) is 10.3 Å². The lowest BCUT2D eigenvalue weighted by molar-refractivity contribution is -0.120. The number of hydrogen-bond acceptors (Lipinski definition) is 4. The fourth-order valence-corrected chi connectivity index (χ4v) is 2.76. The van der Waals surface area contributed by atoms with Crippen molar-refractivity contribution in [3.05, 3.63) is 71.4 Å². The molecule has 0 unspecified atom stereocenters. The summed E-state index contributed by atoms with van der Waals surface area (Å²) in [6, 6.07) is 13.7. The fraction of sp³-hybridized carbons (Fsp3) is 0.273. The topological polar surface area (TPSA) is 64.4 Å². The lowest BCUT2D eigenvalue weighted by Gasteiger charge is -2.07. The standard InChI is InChI=1S/C22H23FN2O3/c1-15-6-3-4-7-19(15)22-25-20(16(2)28-22)14-21(26)24-12-5-13-27-18-10-8-17(23)9-11-18/h3-4,6-11H,5,12-14H2,1-2H3,(H,24,26). The summed E-state index contributed by atoms with van der Waals surface area (Å²) in [5.74, 6) is 1.37. The van der Waals surface area contributed by atoms with Gasteiger partial charge in [0.15, 0.2) is 0 Å². The van der Waals surface area contributed by atoms with E-state index in [0.29, 0.717) is 42.7 Å². The van der Waals surface area contributed by atoms with Crippen LogP contribution in [0, 0.1) is 19.7 Å². The van der Waals surface area contributed by atoms with Gasteiger partial charge in [-0.3, -0.25) is 4.79 Å². The van der Waals surface area contributed by atoms with E-state index in [4.69, 9.17) is 9.15 Å². The predicted octanol–water partition coefficient (Wildman–Crippen LogP) is 4.23. The zero-order valence-electron chi connectivity index (χ0n) is 16.0. The van der Waals surface area contributed by atoms with Crippen molar-refractivity contribution >= 4 is 5.91 Å². The van der Waals surface area contributed by atoms with Crippen molar-refractivity contribution in [2.45, 2.75) is 26.7 Å². The third kappa shape index (κ3) is 5.19. The molecule has 0 saturated heterocycles. The minimum atomic E-state index is -0.298. The van der Waals surface area contributed by atoms with Gasteiger partial charge in [0.1, 0.15) is 17.3 Å². The van der Waals surface area contributed by atoms with E-state index in [9.17, 15) is 9.18 Å². The second-order valence-electron chi connectivity index (χ2n) is 6.52. The highest BCUT2D eigenvalue weighted by Gasteiger charge is 2.15. The van der Waals surface area contributed by atoms with Crippen LogP contribution in [-0.4, -0.2) is 24.0 Å². The Hall–Kier alpha value is -3.15. The number of nitrogens with one attached hydrogen (secondary N) is 1. The van der Waals surface area contributed by atoms with E-state index < -0.39 is 0 Å². The lowest BCUT2D eigenvalue weighted by atomic mass is 10.1. The number of hydrogen-bond donors (Lipinski definition) is 1. The van der Waals surface area contributed by atoms with Gasteiger partial charge in [-0.25, -0.2) is 9.37 Å². The highest BCUT2D eigenvalue weighted by Crippen LogP contribution is 2.24. The number of nitrogens with zero attached hydrogens (tertiary/aromatic N) is 1. The smallest absolute Gasteiger partial charge is 0.226 e. The first-order chi connectivity index (χ1) is 13.5. The van der Waals surface area contributed by atoms with Crippen LogP contribution in [0.25, 0.3) is 11.5 Å². The van der Waals surface area contributed by atoms with E-state index in [-0.39, 0.29) is 18.1 Å². The molecule has 1 heterocycles. The van der Waals surface area contributed by atoms with E-state index in [2.05, 4.69) is 10.3 Å². The minimum Gasteiger partial charge on any atom is -0.494 e. The highest BCUT2D eigenvalue weighted by molar-refractivity contribution is 5.78. The largest absolute Gasteiger partial charge is 0.494 e. The molecule has 6 heteroatoms. The van der Waals surface area contributed by atoms with E-state index >= 15 is 0 Å². The van der Waals surface area contributed by atoms with Crippen molar-refractivity contribution in [3.8, 4) is 17.2 Å². The van der Waals surface area contributed by atoms with Gasteiger partial charge in [0.25, 0.3) is 0 Å². The second kappa shape index (κ2) is 9.17. The van der Waals surface area contributed by atoms with Gasteiger partial charge in [0.05, 0.1) is 18.7 Å². The van der Waals surface area contributed by atoms with Gasteiger partial charge in [-0.05, 0) is 56.2 Å². The summed E-state index contributed by atoms with van der Waals surface area (Å²) in [4.78, 5) is 16.7. The Labute approximate surface area is 163 Å².